The summed E-state index contributed by atoms with van der Waals surface area (Å²) in [5.41, 5.74) is 0. The minimum atomic E-state index is -4.74. The normalized spacial score (nSPS) is 14.2. The Kier molecular flexibility index (Phi) is 23.2. The van der Waals surface area contributed by atoms with Gasteiger partial charge in [-0.2, -0.15) is 0 Å². The van der Waals surface area contributed by atoms with E-state index in [2.05, 4.69) is 6.92 Å². The summed E-state index contributed by atoms with van der Waals surface area (Å²) in [5, 5.41) is 0. The topological polar surface area (TPSA) is 161 Å². The molecule has 0 rings (SSSR count). The zero-order valence-electron chi connectivity index (χ0n) is 27.0. The van der Waals surface area contributed by atoms with Crippen molar-refractivity contribution in [3.8, 4) is 0 Å². The van der Waals surface area contributed by atoms with Crippen LogP contribution < -0.4 is 0 Å². The fourth-order valence-corrected chi connectivity index (χ4v) is 4.44. The van der Waals surface area contributed by atoms with Crippen LogP contribution in [0.5, 0.6) is 0 Å². The van der Waals surface area contributed by atoms with E-state index >= 15 is 0 Å². The van der Waals surface area contributed by atoms with E-state index in [0.29, 0.717) is 6.42 Å². The monoisotopic (exact) mass is 638 g/mol. The van der Waals surface area contributed by atoms with Crippen molar-refractivity contribution in [2.45, 2.75) is 131 Å². The highest BCUT2D eigenvalue weighted by molar-refractivity contribution is 7.47. The Morgan fingerprint density at radius 3 is 1.53 bits per heavy atom. The molecule has 12 nitrogen and oxygen atoms in total. The molecule has 1 N–H and O–H groups in total. The largest absolute Gasteiger partial charge is 0.472 e. The molecule has 43 heavy (non-hydrogen) atoms. The smallest absolute Gasteiger partial charge is 0.462 e. The number of hydrogen-bond acceptors (Lipinski definition) is 11. The molecule has 0 radical (unpaired) electrons. The third-order valence-electron chi connectivity index (χ3n) is 6.24. The number of unbranched alkanes of at least 4 members (excludes halogenated alkanes) is 10. The number of rotatable bonds is 26. The highest BCUT2D eigenvalue weighted by atomic mass is 31.2. The average Bonchev–Trinajstić information content (AvgIpc) is 2.94. The van der Waals surface area contributed by atoms with Gasteiger partial charge in [0, 0.05) is 13.3 Å². The molecule has 0 bridgehead atoms. The van der Waals surface area contributed by atoms with Crippen molar-refractivity contribution in [3.63, 3.8) is 0 Å². The van der Waals surface area contributed by atoms with Crippen LogP contribution >= 0.6 is 7.82 Å². The van der Waals surface area contributed by atoms with Crippen LogP contribution in [-0.4, -0.2) is 67.4 Å². The standard InChI is InChI=1S/C30H55O12P/c1-7-8-9-10-11-12-13-14-15-16-17-18-28(32)41-26(19-37-25(6)31)21-39-43(35,36)40-22-27(42-30(34)24(4)5)20-38-29(33)23(2)3/h23-24,26-27H,7-22H2,1-6H3,(H,35,36)/t26-,27?/m1/s1. The van der Waals surface area contributed by atoms with E-state index in [-0.39, 0.29) is 19.6 Å². The van der Waals surface area contributed by atoms with Crippen molar-refractivity contribution in [1.29, 1.82) is 0 Å². The second-order valence-corrected chi connectivity index (χ2v) is 12.7. The Bertz CT molecular complexity index is 845. The fourth-order valence-electron chi connectivity index (χ4n) is 3.65. The first-order valence-electron chi connectivity index (χ1n) is 15.6. The van der Waals surface area contributed by atoms with Gasteiger partial charge in [-0.25, -0.2) is 4.57 Å². The Morgan fingerprint density at radius 2 is 1.07 bits per heavy atom. The summed E-state index contributed by atoms with van der Waals surface area (Å²) in [5.74, 6) is -3.26. The molecular formula is C30H55O12P. The summed E-state index contributed by atoms with van der Waals surface area (Å²) in [4.78, 5) is 57.6. The van der Waals surface area contributed by atoms with E-state index in [1.165, 1.54) is 51.9 Å². The predicted octanol–water partition coefficient (Wildman–Crippen LogP) is 6.06. The molecule has 252 valence electrons. The molecule has 0 spiro atoms. The molecule has 0 saturated carbocycles. The zero-order valence-corrected chi connectivity index (χ0v) is 27.9. The molecule has 0 aromatic rings. The van der Waals surface area contributed by atoms with Crippen LogP contribution in [0.3, 0.4) is 0 Å². The van der Waals surface area contributed by atoms with E-state index in [0.717, 1.165) is 19.3 Å². The molecule has 0 fully saturated rings. The molecule has 0 aliphatic heterocycles. The summed E-state index contributed by atoms with van der Waals surface area (Å²) >= 11 is 0. The number of hydrogen-bond donors (Lipinski definition) is 1. The lowest BCUT2D eigenvalue weighted by Crippen LogP contribution is -2.32. The lowest BCUT2D eigenvalue weighted by Gasteiger charge is -2.22. The van der Waals surface area contributed by atoms with E-state index in [4.69, 9.17) is 28.0 Å². The number of esters is 4. The van der Waals surface area contributed by atoms with Crippen molar-refractivity contribution in [2.75, 3.05) is 26.4 Å². The molecule has 0 aliphatic carbocycles. The van der Waals surface area contributed by atoms with Crippen LogP contribution in [0.2, 0.25) is 0 Å². The van der Waals surface area contributed by atoms with Gasteiger partial charge >= 0.3 is 31.7 Å². The Hall–Kier alpha value is -2.01. The number of carbonyl (C=O) groups is 4. The Morgan fingerprint density at radius 1 is 0.628 bits per heavy atom. The maximum Gasteiger partial charge on any atom is 0.472 e. The maximum absolute atomic E-state index is 12.5. The number of carbonyl (C=O) groups excluding carboxylic acids is 4. The van der Waals surface area contributed by atoms with Crippen molar-refractivity contribution >= 4 is 31.7 Å². The van der Waals surface area contributed by atoms with Crippen molar-refractivity contribution < 1.29 is 56.6 Å². The van der Waals surface area contributed by atoms with Gasteiger partial charge < -0.3 is 23.8 Å². The molecule has 0 amide bonds. The molecule has 0 aromatic heterocycles. The fraction of sp³-hybridized carbons (Fsp3) is 0.867. The van der Waals surface area contributed by atoms with Gasteiger partial charge in [0.2, 0.25) is 0 Å². The minimum absolute atomic E-state index is 0.152. The van der Waals surface area contributed by atoms with Gasteiger partial charge in [0.05, 0.1) is 25.0 Å². The first kappa shape index (κ1) is 41.0. The molecule has 2 unspecified atom stereocenters. The lowest BCUT2D eigenvalue weighted by molar-refractivity contribution is -0.165. The van der Waals surface area contributed by atoms with Crippen LogP contribution in [0.4, 0.5) is 0 Å². The second-order valence-electron chi connectivity index (χ2n) is 11.3. The molecule has 13 heteroatoms. The average molecular weight is 639 g/mol. The van der Waals surface area contributed by atoms with Gasteiger partial charge in [-0.15, -0.1) is 0 Å². The quantitative estimate of drug-likeness (QED) is 0.0505. The van der Waals surface area contributed by atoms with Crippen LogP contribution in [0.1, 0.15) is 119 Å². The SMILES string of the molecule is CCCCCCCCCCCCCC(=O)O[C@H](COC(C)=O)COP(=O)(O)OCC(COC(=O)C(C)C)OC(=O)C(C)C. The van der Waals surface area contributed by atoms with E-state index in [9.17, 15) is 28.6 Å². The highest BCUT2D eigenvalue weighted by Gasteiger charge is 2.29. The van der Waals surface area contributed by atoms with Crippen molar-refractivity contribution in [1.82, 2.24) is 0 Å². The number of phosphoric ester groups is 1. The highest BCUT2D eigenvalue weighted by Crippen LogP contribution is 2.43. The zero-order chi connectivity index (χ0) is 32.7. The van der Waals surface area contributed by atoms with E-state index in [1.54, 1.807) is 27.7 Å². The van der Waals surface area contributed by atoms with E-state index < -0.39 is 69.0 Å². The molecular weight excluding hydrogens is 583 g/mol. The summed E-state index contributed by atoms with van der Waals surface area (Å²) in [6.07, 6.45) is 10.3. The van der Waals surface area contributed by atoms with Crippen LogP contribution in [0.15, 0.2) is 0 Å². The molecule has 3 atom stereocenters. The minimum Gasteiger partial charge on any atom is -0.462 e. The molecule has 0 aliphatic rings. The molecule has 0 aromatic carbocycles. The molecule has 0 heterocycles. The predicted molar refractivity (Wildman–Crippen MR) is 160 cm³/mol. The third kappa shape index (κ3) is 24.0. The van der Waals surface area contributed by atoms with Crippen LogP contribution in [0.25, 0.3) is 0 Å². The van der Waals surface area contributed by atoms with Gasteiger partial charge in [-0.05, 0) is 6.42 Å². The van der Waals surface area contributed by atoms with E-state index in [1.807, 2.05) is 0 Å². The van der Waals surface area contributed by atoms with Crippen molar-refractivity contribution in [3.05, 3.63) is 0 Å². The lowest BCUT2D eigenvalue weighted by atomic mass is 10.1. The Balaban J connectivity index is 4.69. The molecule has 0 saturated heterocycles. The van der Waals surface area contributed by atoms with Gasteiger partial charge in [-0.1, -0.05) is 98.8 Å². The third-order valence-corrected chi connectivity index (χ3v) is 7.19. The first-order valence-corrected chi connectivity index (χ1v) is 17.1. The summed E-state index contributed by atoms with van der Waals surface area (Å²) in [6.45, 7) is 7.87. The maximum atomic E-state index is 12.5. The number of phosphoric acid groups is 1. The van der Waals surface area contributed by atoms with Gasteiger partial charge in [-0.3, -0.25) is 28.2 Å². The van der Waals surface area contributed by atoms with Crippen LogP contribution in [-0.2, 0) is 51.7 Å². The first-order chi connectivity index (χ1) is 20.3. The van der Waals surface area contributed by atoms with Gasteiger partial charge in [0.1, 0.15) is 13.2 Å². The van der Waals surface area contributed by atoms with Crippen LogP contribution in [0, 0.1) is 11.8 Å². The van der Waals surface area contributed by atoms with Crippen molar-refractivity contribution in [2.24, 2.45) is 11.8 Å². The summed E-state index contributed by atoms with van der Waals surface area (Å²) < 4.78 is 43.0. The summed E-state index contributed by atoms with van der Waals surface area (Å²) in [7, 11) is -4.74. The van der Waals surface area contributed by atoms with Gasteiger partial charge in [0.25, 0.3) is 0 Å². The Labute approximate surface area is 257 Å². The summed E-state index contributed by atoms with van der Waals surface area (Å²) in [6, 6.07) is 0. The number of ether oxygens (including phenoxy) is 4. The van der Waals surface area contributed by atoms with Gasteiger partial charge in [0.15, 0.2) is 12.2 Å². The second kappa shape index (κ2) is 24.3.